The lowest BCUT2D eigenvalue weighted by molar-refractivity contribution is -0.126. The van der Waals surface area contributed by atoms with Gasteiger partial charge in [-0.1, -0.05) is 31.7 Å². The summed E-state index contributed by atoms with van der Waals surface area (Å²) in [6.45, 7) is 2.70. The maximum Gasteiger partial charge on any atom is 0.240 e. The molecule has 2 heterocycles. The average molecular weight is 389 g/mol. The van der Waals surface area contributed by atoms with Crippen LogP contribution in [0.2, 0.25) is 0 Å². The number of nitrogens with zero attached hydrogens (tertiary/aromatic N) is 2. The number of carbonyl (C=O) groups is 1. The third-order valence-corrected chi connectivity index (χ3v) is 5.14. The van der Waals surface area contributed by atoms with Crippen LogP contribution in [0.4, 0.5) is 5.82 Å². The van der Waals surface area contributed by atoms with Crippen molar-refractivity contribution in [2.24, 2.45) is 5.73 Å². The maximum atomic E-state index is 12.2. The van der Waals surface area contributed by atoms with Crippen LogP contribution < -0.4 is 16.0 Å². The Morgan fingerprint density at radius 1 is 1.08 bits per heavy atom. The van der Waals surface area contributed by atoms with E-state index in [1.807, 2.05) is 6.20 Å². The molecule has 1 saturated heterocycles. The van der Waals surface area contributed by atoms with Gasteiger partial charge in [-0.05, 0) is 37.3 Å². The van der Waals surface area contributed by atoms with E-state index in [1.165, 1.54) is 25.7 Å². The molecule has 3 rings (SSSR count). The molecule has 0 atom stereocenters. The molecule has 5 nitrogen and oxygen atoms in total. The van der Waals surface area contributed by atoms with E-state index >= 15 is 0 Å². The summed E-state index contributed by atoms with van der Waals surface area (Å²) in [5.74, 6) is 1.03. The zero-order valence-corrected chi connectivity index (χ0v) is 16.3. The molecule has 3 N–H and O–H groups in total. The minimum atomic E-state index is -0.653. The van der Waals surface area contributed by atoms with Gasteiger partial charge >= 0.3 is 0 Å². The third-order valence-electron chi connectivity index (χ3n) is 5.14. The minimum Gasteiger partial charge on any atom is -0.357 e. The van der Waals surface area contributed by atoms with Gasteiger partial charge in [-0.3, -0.25) is 4.79 Å². The Hall–Kier alpha value is -1.04. The van der Waals surface area contributed by atoms with Crippen molar-refractivity contribution in [3.05, 3.63) is 23.9 Å². The van der Waals surface area contributed by atoms with Gasteiger partial charge in [0.1, 0.15) is 5.82 Å². The number of nitrogens with two attached hydrogens (primary N) is 1. The number of hydrogen-bond donors (Lipinski definition) is 2. The van der Waals surface area contributed by atoms with Crippen molar-refractivity contribution >= 4 is 36.5 Å². The molecule has 1 amide bonds. The Morgan fingerprint density at radius 3 is 2.28 bits per heavy atom. The van der Waals surface area contributed by atoms with Crippen molar-refractivity contribution < 1.29 is 4.79 Å². The molecule has 7 heteroatoms. The van der Waals surface area contributed by atoms with Crippen LogP contribution in [0.5, 0.6) is 0 Å². The Balaban J connectivity index is 0.00000156. The normalized spacial score (nSPS) is 19.3. The number of aromatic nitrogens is 1. The molecule has 1 aromatic rings. The molecule has 0 radical (unpaired) electrons. The van der Waals surface area contributed by atoms with Crippen LogP contribution in [0.15, 0.2) is 18.3 Å². The molecule has 2 fully saturated rings. The predicted molar refractivity (Wildman–Crippen MR) is 107 cm³/mol. The van der Waals surface area contributed by atoms with Crippen molar-refractivity contribution in [2.45, 2.75) is 63.5 Å². The zero-order valence-electron chi connectivity index (χ0n) is 14.7. The van der Waals surface area contributed by atoms with E-state index in [2.05, 4.69) is 27.3 Å². The molecule has 25 heavy (non-hydrogen) atoms. The summed E-state index contributed by atoms with van der Waals surface area (Å²) in [5, 5.41) is 2.97. The van der Waals surface area contributed by atoms with Crippen molar-refractivity contribution in [3.63, 3.8) is 0 Å². The lowest BCUT2D eigenvalue weighted by Crippen LogP contribution is -2.51. The van der Waals surface area contributed by atoms with Crippen LogP contribution in [-0.4, -0.2) is 29.5 Å². The van der Waals surface area contributed by atoms with Crippen molar-refractivity contribution in [1.82, 2.24) is 10.3 Å². The molecule has 1 saturated carbocycles. The van der Waals surface area contributed by atoms with Gasteiger partial charge in [0.25, 0.3) is 0 Å². The first-order valence-electron chi connectivity index (χ1n) is 8.94. The fourth-order valence-electron chi connectivity index (χ4n) is 3.60. The Morgan fingerprint density at radius 2 is 1.72 bits per heavy atom. The van der Waals surface area contributed by atoms with Gasteiger partial charge in [-0.2, -0.15) is 0 Å². The summed E-state index contributed by atoms with van der Waals surface area (Å²) in [6.07, 6.45) is 10.7. The van der Waals surface area contributed by atoms with Gasteiger partial charge in [0, 0.05) is 25.8 Å². The lowest BCUT2D eigenvalue weighted by Gasteiger charge is -2.23. The standard InChI is InChI=1S/C18H28N4O.2ClH/c19-18(9-3-4-10-18)17(23)21-14-15-7-8-16(20-13-15)22-11-5-1-2-6-12-22;;/h7-8,13H,1-6,9-12,14,19H2,(H,21,23);2*1H. The van der Waals surface area contributed by atoms with Gasteiger partial charge in [-0.25, -0.2) is 4.98 Å². The molecule has 1 aromatic heterocycles. The zero-order chi connectivity index (χ0) is 16.1. The number of rotatable bonds is 4. The summed E-state index contributed by atoms with van der Waals surface area (Å²) >= 11 is 0. The first kappa shape index (κ1) is 22.0. The minimum absolute atomic E-state index is 0. The Kier molecular flexibility index (Phi) is 8.97. The monoisotopic (exact) mass is 388 g/mol. The number of carbonyl (C=O) groups excluding carboxylic acids is 1. The second-order valence-electron chi connectivity index (χ2n) is 6.97. The molecule has 1 aliphatic heterocycles. The van der Waals surface area contributed by atoms with Gasteiger partial charge in [0.2, 0.25) is 5.91 Å². The number of hydrogen-bond acceptors (Lipinski definition) is 4. The lowest BCUT2D eigenvalue weighted by atomic mass is 9.98. The second-order valence-corrected chi connectivity index (χ2v) is 6.97. The molecular weight excluding hydrogens is 359 g/mol. The maximum absolute atomic E-state index is 12.2. The summed E-state index contributed by atoms with van der Waals surface area (Å²) in [5.41, 5.74) is 6.54. The number of anilines is 1. The van der Waals surface area contributed by atoms with E-state index in [-0.39, 0.29) is 30.7 Å². The van der Waals surface area contributed by atoms with Gasteiger partial charge in [0.15, 0.2) is 0 Å². The highest BCUT2D eigenvalue weighted by atomic mass is 35.5. The molecule has 142 valence electrons. The summed E-state index contributed by atoms with van der Waals surface area (Å²) < 4.78 is 0. The topological polar surface area (TPSA) is 71.2 Å². The van der Waals surface area contributed by atoms with Gasteiger partial charge < -0.3 is 16.0 Å². The first-order chi connectivity index (χ1) is 11.2. The number of nitrogens with one attached hydrogen (secondary N) is 1. The average Bonchev–Trinajstić information content (AvgIpc) is 2.86. The Bertz CT molecular complexity index is 524. The smallest absolute Gasteiger partial charge is 0.240 e. The van der Waals surface area contributed by atoms with Crippen molar-refractivity contribution in [3.8, 4) is 0 Å². The van der Waals surface area contributed by atoms with E-state index in [0.29, 0.717) is 6.54 Å². The van der Waals surface area contributed by atoms with Crippen LogP contribution in [0, 0.1) is 0 Å². The highest BCUT2D eigenvalue weighted by molar-refractivity contribution is 5.86. The van der Waals surface area contributed by atoms with Crippen LogP contribution in [0.25, 0.3) is 0 Å². The molecule has 1 aliphatic carbocycles. The number of amides is 1. The van der Waals surface area contributed by atoms with E-state index in [9.17, 15) is 4.79 Å². The highest BCUT2D eigenvalue weighted by Crippen LogP contribution is 2.27. The number of pyridine rings is 1. The fraction of sp³-hybridized carbons (Fsp3) is 0.667. The van der Waals surface area contributed by atoms with Crippen molar-refractivity contribution in [1.29, 1.82) is 0 Å². The Labute approximate surface area is 163 Å². The molecule has 0 unspecified atom stereocenters. The SMILES string of the molecule is Cl.Cl.NC1(C(=O)NCc2ccc(N3CCCCCC3)nc2)CCCC1. The molecular formula is C18H30Cl2N4O. The largest absolute Gasteiger partial charge is 0.357 e. The van der Waals surface area contributed by atoms with Crippen LogP contribution >= 0.6 is 24.8 Å². The second kappa shape index (κ2) is 10.2. The van der Waals surface area contributed by atoms with E-state index in [0.717, 1.165) is 50.2 Å². The summed E-state index contributed by atoms with van der Waals surface area (Å²) in [4.78, 5) is 19.2. The van der Waals surface area contributed by atoms with Crippen LogP contribution in [0.3, 0.4) is 0 Å². The van der Waals surface area contributed by atoms with E-state index in [1.54, 1.807) is 0 Å². The van der Waals surface area contributed by atoms with Gasteiger partial charge in [-0.15, -0.1) is 24.8 Å². The van der Waals surface area contributed by atoms with Crippen LogP contribution in [0.1, 0.15) is 56.9 Å². The quantitative estimate of drug-likeness (QED) is 0.830. The molecule has 0 aromatic carbocycles. The molecule has 0 bridgehead atoms. The highest BCUT2D eigenvalue weighted by Gasteiger charge is 2.36. The van der Waals surface area contributed by atoms with Crippen LogP contribution in [-0.2, 0) is 11.3 Å². The number of halogens is 2. The van der Waals surface area contributed by atoms with Gasteiger partial charge in [0.05, 0.1) is 5.54 Å². The van der Waals surface area contributed by atoms with E-state index in [4.69, 9.17) is 5.73 Å². The summed E-state index contributed by atoms with van der Waals surface area (Å²) in [7, 11) is 0. The van der Waals surface area contributed by atoms with E-state index < -0.39 is 5.54 Å². The fourth-order valence-corrected chi connectivity index (χ4v) is 3.60. The summed E-state index contributed by atoms with van der Waals surface area (Å²) in [6, 6.07) is 4.13. The van der Waals surface area contributed by atoms with Crippen molar-refractivity contribution in [2.75, 3.05) is 18.0 Å². The molecule has 2 aliphatic rings. The predicted octanol–water partition coefficient (Wildman–Crippen LogP) is 3.19. The molecule has 0 spiro atoms. The third kappa shape index (κ3) is 5.73. The first-order valence-corrected chi connectivity index (χ1v) is 8.94.